The summed E-state index contributed by atoms with van der Waals surface area (Å²) >= 11 is 1.06. The van der Waals surface area contributed by atoms with Gasteiger partial charge in [-0.15, -0.1) is 0 Å². The van der Waals surface area contributed by atoms with Gasteiger partial charge in [-0.2, -0.15) is 5.10 Å². The van der Waals surface area contributed by atoms with Crippen LogP contribution < -0.4 is 4.90 Å². The first-order valence-electron chi connectivity index (χ1n) is 10.2. The number of carbonyl (C=O) groups excluding carboxylic acids is 2. The monoisotopic (exact) mass is 468 g/mol. The number of thiazole rings is 1. The van der Waals surface area contributed by atoms with Crippen molar-refractivity contribution < 1.29 is 23.1 Å². The van der Waals surface area contributed by atoms with Crippen LogP contribution in [0.15, 0.2) is 59.3 Å². The molecule has 0 bridgehead atoms. The number of hydrogen-bond acceptors (Lipinski definition) is 7. The minimum absolute atomic E-state index is 0.115. The zero-order chi connectivity index (χ0) is 23.4. The van der Waals surface area contributed by atoms with Gasteiger partial charge in [-0.3, -0.25) is 14.4 Å². The van der Waals surface area contributed by atoms with Crippen LogP contribution in [0.1, 0.15) is 44.2 Å². The number of halogens is 1. The van der Waals surface area contributed by atoms with Crippen LogP contribution in [0.2, 0.25) is 0 Å². The molecule has 0 unspecified atom stereocenters. The zero-order valence-corrected chi connectivity index (χ0v) is 18.8. The van der Waals surface area contributed by atoms with E-state index in [2.05, 4.69) is 10.1 Å². The smallest absolute Gasteiger partial charge is 0.350 e. The molecule has 33 heavy (non-hydrogen) atoms. The first-order valence-corrected chi connectivity index (χ1v) is 11.0. The summed E-state index contributed by atoms with van der Waals surface area (Å²) in [4.78, 5) is 31.9. The molecular formula is C23H21FN4O4S. The quantitative estimate of drug-likeness (QED) is 0.355. The second-order valence-electron chi connectivity index (χ2n) is 7.12. The second-order valence-corrected chi connectivity index (χ2v) is 8.10. The molecular weight excluding hydrogens is 447 g/mol. The van der Waals surface area contributed by atoms with Gasteiger partial charge in [-0.25, -0.2) is 14.2 Å². The van der Waals surface area contributed by atoms with Crippen LogP contribution in [0.5, 0.6) is 0 Å². The summed E-state index contributed by atoms with van der Waals surface area (Å²) in [7, 11) is 0. The molecule has 0 atom stereocenters. The molecule has 0 aliphatic heterocycles. The van der Waals surface area contributed by atoms with E-state index in [0.717, 1.165) is 11.3 Å². The lowest BCUT2D eigenvalue weighted by atomic mass is 10.2. The van der Waals surface area contributed by atoms with Crippen molar-refractivity contribution in [3.63, 3.8) is 0 Å². The van der Waals surface area contributed by atoms with Crippen LogP contribution in [0.4, 0.5) is 9.52 Å². The molecule has 0 N–H and O–H groups in total. The minimum atomic E-state index is -0.493. The van der Waals surface area contributed by atoms with Crippen LogP contribution in [-0.4, -0.2) is 33.2 Å². The van der Waals surface area contributed by atoms with E-state index in [9.17, 15) is 14.0 Å². The fourth-order valence-electron chi connectivity index (χ4n) is 3.15. The fourth-order valence-corrected chi connectivity index (χ4v) is 4.11. The van der Waals surface area contributed by atoms with Gasteiger partial charge in [-0.1, -0.05) is 23.5 Å². The second kappa shape index (κ2) is 9.78. The summed E-state index contributed by atoms with van der Waals surface area (Å²) in [5.74, 6) is -0.626. The predicted molar refractivity (Wildman–Crippen MR) is 120 cm³/mol. The molecule has 1 amide bonds. The maximum absolute atomic E-state index is 13.4. The van der Waals surface area contributed by atoms with Crippen molar-refractivity contribution in [1.82, 2.24) is 14.8 Å². The van der Waals surface area contributed by atoms with E-state index in [-0.39, 0.29) is 24.7 Å². The first kappa shape index (κ1) is 22.4. The van der Waals surface area contributed by atoms with E-state index in [1.807, 2.05) is 0 Å². The topological polar surface area (TPSA) is 90.5 Å². The number of ether oxygens (including phenoxy) is 1. The fraction of sp³-hybridized carbons (Fsp3) is 0.217. The summed E-state index contributed by atoms with van der Waals surface area (Å²) in [5.41, 5.74) is 1.16. The third-order valence-electron chi connectivity index (χ3n) is 4.73. The van der Waals surface area contributed by atoms with Crippen LogP contribution >= 0.6 is 11.3 Å². The highest BCUT2D eigenvalue weighted by atomic mass is 32.1. The van der Waals surface area contributed by atoms with Gasteiger partial charge in [0.25, 0.3) is 5.91 Å². The van der Waals surface area contributed by atoms with Gasteiger partial charge in [-0.05, 0) is 49.7 Å². The average molecular weight is 469 g/mol. The molecule has 4 rings (SSSR count). The van der Waals surface area contributed by atoms with Gasteiger partial charge in [0.05, 0.1) is 25.4 Å². The van der Waals surface area contributed by atoms with E-state index < -0.39 is 11.9 Å². The Morgan fingerprint density at radius 3 is 2.70 bits per heavy atom. The molecule has 0 fully saturated rings. The van der Waals surface area contributed by atoms with Crippen LogP contribution in [0.3, 0.4) is 0 Å². The Morgan fingerprint density at radius 1 is 1.21 bits per heavy atom. The minimum Gasteiger partial charge on any atom is -0.462 e. The van der Waals surface area contributed by atoms with Gasteiger partial charge in [0, 0.05) is 12.4 Å². The van der Waals surface area contributed by atoms with Crippen molar-refractivity contribution in [3.8, 4) is 0 Å². The van der Waals surface area contributed by atoms with Gasteiger partial charge in [0.15, 0.2) is 10.9 Å². The number of aromatic nitrogens is 3. The number of anilines is 1. The lowest BCUT2D eigenvalue weighted by Gasteiger charge is -2.19. The molecule has 1 aromatic carbocycles. The highest BCUT2D eigenvalue weighted by Gasteiger charge is 2.27. The molecule has 3 aromatic heterocycles. The SMILES string of the molecule is CCOC(=O)c1sc(N(Cc2ccc(F)cc2)C(=O)c2ccc(Cn3cccn3)o2)nc1C. The number of esters is 1. The summed E-state index contributed by atoms with van der Waals surface area (Å²) in [5, 5.41) is 4.45. The van der Waals surface area contributed by atoms with Crippen LogP contribution in [0.25, 0.3) is 0 Å². The molecule has 170 valence electrons. The number of hydrogen-bond donors (Lipinski definition) is 0. The number of furan rings is 1. The summed E-state index contributed by atoms with van der Waals surface area (Å²) in [6.07, 6.45) is 3.45. The molecule has 0 spiro atoms. The molecule has 10 heteroatoms. The summed E-state index contributed by atoms with van der Waals surface area (Å²) < 4.78 is 25.9. The molecule has 0 aliphatic carbocycles. The third-order valence-corrected chi connectivity index (χ3v) is 5.89. The predicted octanol–water partition coefficient (Wildman–Crippen LogP) is 4.45. The number of amides is 1. The maximum Gasteiger partial charge on any atom is 0.350 e. The number of carbonyl (C=O) groups is 2. The van der Waals surface area contributed by atoms with Gasteiger partial charge < -0.3 is 9.15 Å². The van der Waals surface area contributed by atoms with E-state index >= 15 is 0 Å². The normalized spacial score (nSPS) is 10.9. The molecule has 0 radical (unpaired) electrons. The van der Waals surface area contributed by atoms with Gasteiger partial charge >= 0.3 is 5.97 Å². The molecule has 8 nitrogen and oxygen atoms in total. The lowest BCUT2D eigenvalue weighted by Crippen LogP contribution is -2.30. The van der Waals surface area contributed by atoms with Crippen molar-refractivity contribution in [3.05, 3.63) is 88.3 Å². The van der Waals surface area contributed by atoms with Crippen LogP contribution in [0, 0.1) is 12.7 Å². The number of nitrogens with zero attached hydrogens (tertiary/aromatic N) is 4. The molecule has 0 saturated heterocycles. The van der Waals surface area contributed by atoms with Crippen LogP contribution in [-0.2, 0) is 17.8 Å². The zero-order valence-electron chi connectivity index (χ0n) is 18.0. The van der Waals surface area contributed by atoms with Crippen molar-refractivity contribution in [2.45, 2.75) is 26.9 Å². The number of aryl methyl sites for hydroxylation is 1. The molecule has 0 aliphatic rings. The maximum atomic E-state index is 13.4. The van der Waals surface area contributed by atoms with Crippen molar-refractivity contribution >= 4 is 28.3 Å². The molecule has 4 aromatic rings. The average Bonchev–Trinajstić information content (AvgIpc) is 3.55. The number of rotatable bonds is 8. The standard InChI is InChI=1S/C23H21FN4O4S/c1-3-31-22(30)20-15(2)26-23(33-20)28(13-16-5-7-17(24)8-6-16)21(29)19-10-9-18(32-19)14-27-12-4-11-25-27/h4-12H,3,13-14H2,1-2H3. The first-order chi connectivity index (χ1) is 15.9. The Morgan fingerprint density at radius 2 is 2.00 bits per heavy atom. The highest BCUT2D eigenvalue weighted by molar-refractivity contribution is 7.17. The number of benzene rings is 1. The Balaban J connectivity index is 1.65. The Hall–Kier alpha value is -3.79. The summed E-state index contributed by atoms with van der Waals surface area (Å²) in [6.45, 7) is 4.12. The largest absolute Gasteiger partial charge is 0.462 e. The Bertz CT molecular complexity index is 1250. The Kier molecular flexibility index (Phi) is 6.64. The van der Waals surface area contributed by atoms with Gasteiger partial charge in [0.2, 0.25) is 0 Å². The Labute approximate surface area is 193 Å². The highest BCUT2D eigenvalue weighted by Crippen LogP contribution is 2.30. The van der Waals surface area contributed by atoms with E-state index in [1.54, 1.807) is 61.3 Å². The molecule has 0 saturated carbocycles. The third kappa shape index (κ3) is 5.17. The van der Waals surface area contributed by atoms with E-state index in [4.69, 9.17) is 9.15 Å². The van der Waals surface area contributed by atoms with Gasteiger partial charge in [0.1, 0.15) is 16.5 Å². The van der Waals surface area contributed by atoms with E-state index in [0.29, 0.717) is 33.6 Å². The molecule has 3 heterocycles. The van der Waals surface area contributed by atoms with Crippen molar-refractivity contribution in [1.29, 1.82) is 0 Å². The van der Waals surface area contributed by atoms with Crippen molar-refractivity contribution in [2.75, 3.05) is 11.5 Å². The summed E-state index contributed by atoms with van der Waals surface area (Å²) in [6, 6.07) is 10.9. The van der Waals surface area contributed by atoms with Crippen molar-refractivity contribution in [2.24, 2.45) is 0 Å². The van der Waals surface area contributed by atoms with E-state index in [1.165, 1.54) is 17.0 Å². The lowest BCUT2D eigenvalue weighted by molar-refractivity contribution is 0.0531.